The van der Waals surface area contributed by atoms with E-state index in [4.69, 9.17) is 9.72 Å². The summed E-state index contributed by atoms with van der Waals surface area (Å²) in [4.78, 5) is 37.6. The zero-order valence-electron chi connectivity index (χ0n) is 21.6. The molecule has 0 atom stereocenters. The molecule has 4 aromatic rings. The lowest BCUT2D eigenvalue weighted by Crippen LogP contribution is -2.37. The van der Waals surface area contributed by atoms with Gasteiger partial charge in [-0.3, -0.25) is 14.2 Å². The first kappa shape index (κ1) is 26.0. The van der Waals surface area contributed by atoms with Crippen molar-refractivity contribution in [1.82, 2.24) is 24.8 Å². The number of amides is 1. The number of benzene rings is 2. The molecule has 0 fully saturated rings. The van der Waals surface area contributed by atoms with Crippen LogP contribution in [-0.2, 0) is 17.9 Å². The highest BCUT2D eigenvalue weighted by molar-refractivity contribution is 5.81. The molecule has 0 radical (unpaired) electrons. The third-order valence-corrected chi connectivity index (χ3v) is 5.69. The Labute approximate surface area is 214 Å². The fraction of sp³-hybridized carbons (Fsp3) is 0.286. The fourth-order valence-corrected chi connectivity index (χ4v) is 4.12. The molecular formula is C28H30FN5O3. The van der Waals surface area contributed by atoms with Gasteiger partial charge in [0.1, 0.15) is 23.9 Å². The maximum Gasteiger partial charge on any atom is 0.280 e. The van der Waals surface area contributed by atoms with E-state index in [2.05, 4.69) is 10.3 Å². The molecule has 2 aromatic heterocycles. The Bertz CT molecular complexity index is 1510. The highest BCUT2D eigenvalue weighted by atomic mass is 19.1. The number of rotatable bonds is 8. The molecule has 0 aliphatic rings. The van der Waals surface area contributed by atoms with Gasteiger partial charge in [-0.15, -0.1) is 0 Å². The molecule has 0 saturated heterocycles. The van der Waals surface area contributed by atoms with Crippen molar-refractivity contribution in [3.05, 3.63) is 76.3 Å². The van der Waals surface area contributed by atoms with Crippen LogP contribution in [0.25, 0.3) is 33.7 Å². The van der Waals surface area contributed by atoms with Crippen LogP contribution in [0.5, 0.6) is 5.75 Å². The minimum absolute atomic E-state index is 0.0545. The van der Waals surface area contributed by atoms with Gasteiger partial charge in [0.25, 0.3) is 5.56 Å². The molecule has 9 heteroatoms. The predicted molar refractivity (Wildman–Crippen MR) is 142 cm³/mol. The predicted octanol–water partition coefficient (Wildman–Crippen LogP) is 3.86. The molecule has 0 saturated carbocycles. The molecular weight excluding hydrogens is 473 g/mol. The first-order valence-corrected chi connectivity index (χ1v) is 11.9. The third-order valence-electron chi connectivity index (χ3n) is 5.69. The topological polar surface area (TPSA) is 89.3 Å². The third kappa shape index (κ3) is 5.83. The number of nitrogens with one attached hydrogen (secondary N) is 1. The normalized spacial score (nSPS) is 11.4. The van der Waals surface area contributed by atoms with E-state index < -0.39 is 11.4 Å². The average Bonchev–Trinajstić information content (AvgIpc) is 2.86. The maximum absolute atomic E-state index is 14.8. The van der Waals surface area contributed by atoms with Crippen LogP contribution in [0.2, 0.25) is 0 Å². The van der Waals surface area contributed by atoms with Crippen molar-refractivity contribution in [2.24, 2.45) is 0 Å². The Morgan fingerprint density at radius 1 is 1.11 bits per heavy atom. The number of carbonyl (C=O) groups excluding carboxylic acids is 1. The summed E-state index contributed by atoms with van der Waals surface area (Å²) >= 11 is 0. The molecule has 0 unspecified atom stereocenters. The number of fused-ring (bicyclic) bond motifs is 1. The SMILES string of the molecule is COc1cccc(-c2nc3ccc(-c4cc(CN(C)C)ccc4F)nc3c(=O)n2CC(=O)NC(C)C)c1. The highest BCUT2D eigenvalue weighted by Gasteiger charge is 2.19. The van der Waals surface area contributed by atoms with Crippen molar-refractivity contribution in [3.8, 4) is 28.4 Å². The molecule has 8 nitrogen and oxygen atoms in total. The molecule has 192 valence electrons. The number of methoxy groups -OCH3 is 1. The van der Waals surface area contributed by atoms with Crippen molar-refractivity contribution in [2.45, 2.75) is 33.0 Å². The van der Waals surface area contributed by atoms with Crippen LogP contribution >= 0.6 is 0 Å². The summed E-state index contributed by atoms with van der Waals surface area (Å²) in [6.45, 7) is 4.07. The first-order chi connectivity index (χ1) is 17.7. The van der Waals surface area contributed by atoms with Gasteiger partial charge in [0.05, 0.1) is 18.3 Å². The molecule has 0 spiro atoms. The quantitative estimate of drug-likeness (QED) is 0.393. The van der Waals surface area contributed by atoms with E-state index in [1.54, 1.807) is 55.6 Å². The zero-order valence-corrected chi connectivity index (χ0v) is 21.6. The molecule has 37 heavy (non-hydrogen) atoms. The van der Waals surface area contributed by atoms with Gasteiger partial charge < -0.3 is 15.0 Å². The van der Waals surface area contributed by atoms with Crippen molar-refractivity contribution in [2.75, 3.05) is 21.2 Å². The maximum atomic E-state index is 14.8. The second-order valence-electron chi connectivity index (χ2n) is 9.40. The van der Waals surface area contributed by atoms with Gasteiger partial charge in [-0.05, 0) is 69.9 Å². The van der Waals surface area contributed by atoms with Gasteiger partial charge in [-0.25, -0.2) is 14.4 Å². The number of pyridine rings is 1. The molecule has 2 aromatic carbocycles. The summed E-state index contributed by atoms with van der Waals surface area (Å²) in [5, 5.41) is 2.81. The van der Waals surface area contributed by atoms with E-state index in [1.807, 2.05) is 32.8 Å². The van der Waals surface area contributed by atoms with Crippen LogP contribution in [-0.4, -0.2) is 52.6 Å². The molecule has 0 aliphatic carbocycles. The summed E-state index contributed by atoms with van der Waals surface area (Å²) in [5.74, 6) is 0.128. The minimum atomic E-state index is -0.492. The van der Waals surface area contributed by atoms with Crippen LogP contribution in [0.1, 0.15) is 19.4 Å². The Kier molecular flexibility index (Phi) is 7.63. The summed E-state index contributed by atoms with van der Waals surface area (Å²) in [6, 6.07) is 15.2. The Morgan fingerprint density at radius 3 is 2.59 bits per heavy atom. The number of aromatic nitrogens is 3. The fourth-order valence-electron chi connectivity index (χ4n) is 4.12. The largest absolute Gasteiger partial charge is 0.497 e. The van der Waals surface area contributed by atoms with Crippen LogP contribution in [0.3, 0.4) is 0 Å². The van der Waals surface area contributed by atoms with Gasteiger partial charge in [-0.1, -0.05) is 18.2 Å². The molecule has 0 aliphatic heterocycles. The van der Waals surface area contributed by atoms with E-state index in [9.17, 15) is 14.0 Å². The van der Waals surface area contributed by atoms with E-state index in [-0.39, 0.29) is 24.0 Å². The highest BCUT2D eigenvalue weighted by Crippen LogP contribution is 2.26. The molecule has 1 N–H and O–H groups in total. The lowest BCUT2D eigenvalue weighted by atomic mass is 10.1. The van der Waals surface area contributed by atoms with Gasteiger partial charge in [0.15, 0.2) is 5.52 Å². The Hall–Kier alpha value is -4.11. The first-order valence-electron chi connectivity index (χ1n) is 11.9. The van der Waals surface area contributed by atoms with E-state index >= 15 is 0 Å². The molecule has 4 rings (SSSR count). The summed E-state index contributed by atoms with van der Waals surface area (Å²) in [6.07, 6.45) is 0. The van der Waals surface area contributed by atoms with Crippen molar-refractivity contribution < 1.29 is 13.9 Å². The summed E-state index contributed by atoms with van der Waals surface area (Å²) in [7, 11) is 5.41. The summed E-state index contributed by atoms with van der Waals surface area (Å²) in [5.41, 5.74) is 2.04. The van der Waals surface area contributed by atoms with Crippen molar-refractivity contribution in [1.29, 1.82) is 0 Å². The van der Waals surface area contributed by atoms with E-state index in [0.29, 0.717) is 40.5 Å². The van der Waals surface area contributed by atoms with Crippen molar-refractivity contribution in [3.63, 3.8) is 0 Å². The Balaban J connectivity index is 1.90. The smallest absolute Gasteiger partial charge is 0.280 e. The molecule has 2 heterocycles. The minimum Gasteiger partial charge on any atom is -0.497 e. The lowest BCUT2D eigenvalue weighted by molar-refractivity contribution is -0.122. The molecule has 0 bridgehead atoms. The van der Waals surface area contributed by atoms with Crippen LogP contribution < -0.4 is 15.6 Å². The van der Waals surface area contributed by atoms with Crippen LogP contribution in [0, 0.1) is 5.82 Å². The molecule has 1 amide bonds. The van der Waals surface area contributed by atoms with Crippen molar-refractivity contribution >= 4 is 16.9 Å². The number of hydrogen-bond acceptors (Lipinski definition) is 6. The van der Waals surface area contributed by atoms with Gasteiger partial charge in [0, 0.05) is 23.7 Å². The van der Waals surface area contributed by atoms with Crippen LogP contribution in [0.4, 0.5) is 4.39 Å². The number of nitrogens with zero attached hydrogens (tertiary/aromatic N) is 4. The van der Waals surface area contributed by atoms with E-state index in [1.165, 1.54) is 10.6 Å². The zero-order chi connectivity index (χ0) is 26.7. The second-order valence-corrected chi connectivity index (χ2v) is 9.40. The number of ether oxygens (including phenoxy) is 1. The van der Waals surface area contributed by atoms with Gasteiger partial charge in [-0.2, -0.15) is 0 Å². The standard InChI is InChI=1S/C28H30FN5O3/c1-17(2)30-25(35)16-34-27(19-7-6-8-20(14-19)37-5)32-24-12-11-23(31-26(24)28(34)36)21-13-18(15-33(3)4)9-10-22(21)29/h6-14,17H,15-16H2,1-5H3,(H,30,35). The monoisotopic (exact) mass is 503 g/mol. The summed E-state index contributed by atoms with van der Waals surface area (Å²) < 4.78 is 21.4. The van der Waals surface area contributed by atoms with Crippen LogP contribution in [0.15, 0.2) is 59.4 Å². The average molecular weight is 504 g/mol. The second kappa shape index (κ2) is 10.9. The van der Waals surface area contributed by atoms with E-state index in [0.717, 1.165) is 5.56 Å². The van der Waals surface area contributed by atoms with Gasteiger partial charge in [0.2, 0.25) is 5.91 Å². The number of hydrogen-bond donors (Lipinski definition) is 1. The van der Waals surface area contributed by atoms with Gasteiger partial charge >= 0.3 is 0 Å². The number of carbonyl (C=O) groups is 1. The Morgan fingerprint density at radius 2 is 1.89 bits per heavy atom. The lowest BCUT2D eigenvalue weighted by Gasteiger charge is -2.16. The number of halogens is 1.